The van der Waals surface area contributed by atoms with Crippen LogP contribution in [0.5, 0.6) is 0 Å². The van der Waals surface area contributed by atoms with E-state index in [1.54, 1.807) is 12.1 Å². The smallest absolute Gasteiger partial charge is 0.244 e. The number of rotatable bonds is 11. The minimum atomic E-state index is -0.816. The maximum Gasteiger partial charge on any atom is 0.244 e. The van der Waals surface area contributed by atoms with Gasteiger partial charge >= 0.3 is 0 Å². The summed E-state index contributed by atoms with van der Waals surface area (Å²) in [5.41, 5.74) is 2.18. The fourth-order valence-corrected chi connectivity index (χ4v) is 2.24. The Balaban J connectivity index is 2.65. The van der Waals surface area contributed by atoms with Crippen LogP contribution in [0.4, 0.5) is 0 Å². The average Bonchev–Trinajstić information content (AvgIpc) is 3.16. The van der Waals surface area contributed by atoms with Crippen molar-refractivity contribution in [1.29, 1.82) is 0 Å². The van der Waals surface area contributed by atoms with Gasteiger partial charge < -0.3 is 20.4 Å². The van der Waals surface area contributed by atoms with E-state index >= 15 is 0 Å². The van der Waals surface area contributed by atoms with Crippen LogP contribution in [-0.4, -0.2) is 36.9 Å². The monoisotopic (exact) mass is 401 g/mol. The molecule has 0 bridgehead atoms. The highest BCUT2D eigenvalue weighted by atomic mass is 16.3. The van der Waals surface area contributed by atoms with E-state index < -0.39 is 11.9 Å². The Morgan fingerprint density at radius 3 is 2.28 bits per heavy atom. The second kappa shape index (κ2) is 13.1. The lowest BCUT2D eigenvalue weighted by Crippen LogP contribution is -2.47. The number of nitrogens with one attached hydrogen (secondary N) is 3. The molecule has 1 heterocycles. The molecule has 0 aliphatic heterocycles. The number of carbonyl (C=O) groups excluding carboxylic acids is 3. The zero-order chi connectivity index (χ0) is 21.6. The highest BCUT2D eigenvalue weighted by Gasteiger charge is 2.20. The van der Waals surface area contributed by atoms with Crippen LogP contribution in [-0.2, 0) is 14.4 Å². The summed E-state index contributed by atoms with van der Waals surface area (Å²) in [6.07, 6.45) is 8.41. The van der Waals surface area contributed by atoms with Gasteiger partial charge in [-0.1, -0.05) is 23.3 Å². The number of allylic oxidation sites excluding steroid dienone is 2. The number of hydrogen-bond acceptors (Lipinski definition) is 4. The van der Waals surface area contributed by atoms with Crippen LogP contribution in [0.25, 0.3) is 6.08 Å². The van der Waals surface area contributed by atoms with Crippen LogP contribution >= 0.6 is 0 Å². The van der Waals surface area contributed by atoms with Crippen LogP contribution in [0.15, 0.2) is 52.2 Å². The first kappa shape index (κ1) is 23.9. The largest absolute Gasteiger partial charge is 0.465 e. The summed E-state index contributed by atoms with van der Waals surface area (Å²) in [6.45, 7) is 8.57. The molecule has 1 unspecified atom stereocenters. The fourth-order valence-electron chi connectivity index (χ4n) is 2.24. The summed E-state index contributed by atoms with van der Waals surface area (Å²) in [5, 5.41) is 8.18. The third-order valence-electron chi connectivity index (χ3n) is 3.83. The molecular weight excluding hydrogens is 370 g/mol. The molecule has 0 aliphatic carbocycles. The van der Waals surface area contributed by atoms with Crippen LogP contribution in [0, 0.1) is 0 Å². The van der Waals surface area contributed by atoms with E-state index in [4.69, 9.17) is 4.42 Å². The molecule has 0 fully saturated rings. The molecule has 1 atom stereocenters. The highest BCUT2D eigenvalue weighted by Crippen LogP contribution is 2.03. The van der Waals surface area contributed by atoms with Crippen molar-refractivity contribution in [3.63, 3.8) is 0 Å². The number of hydrogen-bond donors (Lipinski definition) is 3. The van der Waals surface area contributed by atoms with E-state index in [1.807, 2.05) is 39.8 Å². The van der Waals surface area contributed by atoms with Gasteiger partial charge in [0.15, 0.2) is 0 Å². The van der Waals surface area contributed by atoms with Gasteiger partial charge in [-0.05, 0) is 52.3 Å². The second-order valence-corrected chi connectivity index (χ2v) is 7.06. The molecule has 1 aromatic rings. The molecule has 0 saturated heterocycles. The van der Waals surface area contributed by atoms with Gasteiger partial charge in [0.1, 0.15) is 11.8 Å². The Morgan fingerprint density at radius 1 is 1.03 bits per heavy atom. The molecule has 158 valence electrons. The number of amides is 3. The summed E-state index contributed by atoms with van der Waals surface area (Å²) in [6, 6.07) is 2.61. The predicted octanol–water partition coefficient (Wildman–Crippen LogP) is 2.72. The molecule has 7 heteroatoms. The normalized spacial score (nSPS) is 11.4. The number of carbonyl (C=O) groups is 3. The molecular formula is C22H31N3O4. The van der Waals surface area contributed by atoms with Crippen LogP contribution in [0.1, 0.15) is 46.3 Å². The van der Waals surface area contributed by atoms with Gasteiger partial charge in [0, 0.05) is 25.6 Å². The molecule has 3 N–H and O–H groups in total. The molecule has 1 rings (SSSR count). The van der Waals surface area contributed by atoms with Crippen LogP contribution in [0.2, 0.25) is 0 Å². The van der Waals surface area contributed by atoms with Crippen molar-refractivity contribution in [2.24, 2.45) is 0 Å². The van der Waals surface area contributed by atoms with Crippen molar-refractivity contribution >= 4 is 23.8 Å². The van der Waals surface area contributed by atoms with Crippen molar-refractivity contribution in [3.8, 4) is 0 Å². The lowest BCUT2D eigenvalue weighted by atomic mass is 10.1. The van der Waals surface area contributed by atoms with Gasteiger partial charge in [0.2, 0.25) is 17.7 Å². The molecule has 3 amide bonds. The zero-order valence-corrected chi connectivity index (χ0v) is 17.6. The van der Waals surface area contributed by atoms with E-state index in [9.17, 15) is 14.4 Å². The summed E-state index contributed by atoms with van der Waals surface area (Å²) in [4.78, 5) is 36.7. The van der Waals surface area contributed by atoms with Gasteiger partial charge in [-0.2, -0.15) is 0 Å². The zero-order valence-electron chi connectivity index (χ0n) is 17.6. The molecule has 0 saturated carbocycles. The molecule has 0 aliphatic rings. The Hall–Kier alpha value is -3.09. The summed E-state index contributed by atoms with van der Waals surface area (Å²) < 4.78 is 5.13. The standard InChI is InChI=1S/C22H31N3O4/c1-16(2)11-13-23-20(26)10-8-19(22(28)24-14-12-17(3)4)25-21(27)9-7-18-6-5-15-29-18/h5-7,9,11-12,15,19H,8,10,13-14H2,1-4H3,(H,23,26)(H,24,28)(H,25,27). The van der Waals surface area contributed by atoms with E-state index in [0.717, 1.165) is 11.1 Å². The molecule has 1 aromatic heterocycles. The van der Waals surface area contributed by atoms with Crippen LogP contribution < -0.4 is 16.0 Å². The third-order valence-corrected chi connectivity index (χ3v) is 3.83. The van der Waals surface area contributed by atoms with E-state index in [0.29, 0.717) is 18.8 Å². The molecule has 0 radical (unpaired) electrons. The molecule has 0 spiro atoms. The maximum absolute atomic E-state index is 12.5. The summed E-state index contributed by atoms with van der Waals surface area (Å²) in [7, 11) is 0. The summed E-state index contributed by atoms with van der Waals surface area (Å²) >= 11 is 0. The minimum Gasteiger partial charge on any atom is -0.465 e. The Bertz CT molecular complexity index is 753. The van der Waals surface area contributed by atoms with Crippen molar-refractivity contribution in [2.45, 2.75) is 46.6 Å². The summed E-state index contributed by atoms with van der Waals surface area (Å²) in [5.74, 6) is -0.415. The van der Waals surface area contributed by atoms with E-state index in [-0.39, 0.29) is 24.7 Å². The van der Waals surface area contributed by atoms with Gasteiger partial charge in [0.25, 0.3) is 0 Å². The van der Waals surface area contributed by atoms with E-state index in [2.05, 4.69) is 16.0 Å². The SMILES string of the molecule is CC(C)=CCNC(=O)CCC(NC(=O)C=Cc1ccco1)C(=O)NCC=C(C)C. The van der Waals surface area contributed by atoms with Crippen molar-refractivity contribution in [3.05, 3.63) is 53.5 Å². The first-order chi connectivity index (χ1) is 13.8. The first-order valence-electron chi connectivity index (χ1n) is 9.61. The quantitative estimate of drug-likeness (QED) is 0.392. The lowest BCUT2D eigenvalue weighted by Gasteiger charge is -2.17. The second-order valence-electron chi connectivity index (χ2n) is 7.06. The van der Waals surface area contributed by atoms with E-state index in [1.165, 1.54) is 18.4 Å². The molecule has 29 heavy (non-hydrogen) atoms. The van der Waals surface area contributed by atoms with Gasteiger partial charge in [-0.3, -0.25) is 14.4 Å². The Kier molecular flexibility index (Phi) is 10.9. The Labute approximate surface area is 172 Å². The first-order valence-corrected chi connectivity index (χ1v) is 9.61. The van der Waals surface area contributed by atoms with Gasteiger partial charge in [-0.25, -0.2) is 0 Å². The van der Waals surface area contributed by atoms with Crippen molar-refractivity contribution < 1.29 is 18.8 Å². The van der Waals surface area contributed by atoms with Gasteiger partial charge in [-0.15, -0.1) is 0 Å². The highest BCUT2D eigenvalue weighted by molar-refractivity contribution is 5.95. The van der Waals surface area contributed by atoms with Gasteiger partial charge in [0.05, 0.1) is 6.26 Å². The Morgan fingerprint density at radius 2 is 1.69 bits per heavy atom. The van der Waals surface area contributed by atoms with Crippen molar-refractivity contribution in [1.82, 2.24) is 16.0 Å². The average molecular weight is 402 g/mol. The lowest BCUT2D eigenvalue weighted by molar-refractivity contribution is -0.127. The topological polar surface area (TPSA) is 100 Å². The van der Waals surface area contributed by atoms with Crippen molar-refractivity contribution in [2.75, 3.05) is 13.1 Å². The third kappa shape index (κ3) is 11.4. The minimum absolute atomic E-state index is 0.125. The van der Waals surface area contributed by atoms with Crippen LogP contribution in [0.3, 0.4) is 0 Å². The maximum atomic E-state index is 12.5. The molecule has 7 nitrogen and oxygen atoms in total. The number of furan rings is 1. The fraction of sp³-hybridized carbons (Fsp3) is 0.409. The predicted molar refractivity (Wildman–Crippen MR) is 114 cm³/mol. The molecule has 0 aromatic carbocycles.